The fourth-order valence-electron chi connectivity index (χ4n) is 2.36. The number of aromatic amines is 1. The summed E-state index contributed by atoms with van der Waals surface area (Å²) in [6.45, 7) is 1.15. The van der Waals surface area contributed by atoms with Crippen molar-refractivity contribution in [1.29, 1.82) is 0 Å². The maximum atomic E-state index is 12.1. The maximum absolute atomic E-state index is 12.1. The van der Waals surface area contributed by atoms with E-state index in [-0.39, 0.29) is 11.7 Å². The molecule has 20 heavy (non-hydrogen) atoms. The summed E-state index contributed by atoms with van der Waals surface area (Å²) in [7, 11) is 0. The molecule has 0 atom stereocenters. The van der Waals surface area contributed by atoms with Crippen LogP contribution in [-0.2, 0) is 9.59 Å². The predicted molar refractivity (Wildman–Crippen MR) is 79.8 cm³/mol. The van der Waals surface area contributed by atoms with Gasteiger partial charge in [0.2, 0.25) is 5.91 Å². The van der Waals surface area contributed by atoms with Gasteiger partial charge in [0.15, 0.2) is 0 Å². The van der Waals surface area contributed by atoms with Gasteiger partial charge in [0.05, 0.1) is 10.8 Å². The zero-order valence-corrected chi connectivity index (χ0v) is 11.9. The normalized spacial score (nSPS) is 15.8. The third-order valence-electron chi connectivity index (χ3n) is 3.53. The van der Waals surface area contributed by atoms with E-state index in [1.165, 1.54) is 11.8 Å². The van der Waals surface area contributed by atoms with E-state index in [2.05, 4.69) is 11.1 Å². The lowest BCUT2D eigenvalue weighted by molar-refractivity contribution is -0.132. The Morgan fingerprint density at radius 2 is 2.00 bits per heavy atom. The topological polar surface area (TPSA) is 53.2 Å². The molecule has 1 aliphatic rings. The number of carbonyl (C=O) groups is 2. The summed E-state index contributed by atoms with van der Waals surface area (Å²) in [5.74, 6) is 0.791. The van der Waals surface area contributed by atoms with Crippen molar-refractivity contribution < 1.29 is 9.59 Å². The second-order valence-corrected chi connectivity index (χ2v) is 5.95. The first-order chi connectivity index (χ1) is 9.72. The molecule has 0 saturated carbocycles. The minimum Gasteiger partial charge on any atom is -0.350 e. The van der Waals surface area contributed by atoms with Crippen LogP contribution in [0.1, 0.15) is 12.8 Å². The fourth-order valence-corrected chi connectivity index (χ4v) is 3.21. The number of para-hydroxylation sites is 1. The Morgan fingerprint density at radius 3 is 2.75 bits per heavy atom. The average Bonchev–Trinajstić information content (AvgIpc) is 2.88. The summed E-state index contributed by atoms with van der Waals surface area (Å²) in [4.78, 5) is 28.3. The van der Waals surface area contributed by atoms with Crippen LogP contribution in [0.15, 0.2) is 35.4 Å². The number of fused-ring (bicyclic) bond motifs is 1. The SMILES string of the molecule is O=C1CCN(C(=O)CSc2cc3ccccc3[nH]2)CC1. The largest absolute Gasteiger partial charge is 0.350 e. The molecule has 5 heteroatoms. The lowest BCUT2D eigenvalue weighted by atomic mass is 10.1. The van der Waals surface area contributed by atoms with Crippen LogP contribution in [0.2, 0.25) is 0 Å². The Kier molecular flexibility index (Phi) is 3.78. The number of thioether (sulfide) groups is 1. The van der Waals surface area contributed by atoms with Crippen LogP contribution in [0.3, 0.4) is 0 Å². The Labute approximate surface area is 121 Å². The molecule has 0 aliphatic carbocycles. The van der Waals surface area contributed by atoms with Crippen molar-refractivity contribution in [2.75, 3.05) is 18.8 Å². The third-order valence-corrected chi connectivity index (χ3v) is 4.45. The summed E-state index contributed by atoms with van der Waals surface area (Å²) in [6, 6.07) is 10.1. The molecule has 1 saturated heterocycles. The Morgan fingerprint density at radius 1 is 1.25 bits per heavy atom. The quantitative estimate of drug-likeness (QED) is 0.883. The highest BCUT2D eigenvalue weighted by molar-refractivity contribution is 7.99. The Bertz CT molecular complexity index is 607. The van der Waals surface area contributed by atoms with Crippen molar-refractivity contribution in [2.24, 2.45) is 0 Å². The minimum atomic E-state index is 0.112. The van der Waals surface area contributed by atoms with Gasteiger partial charge < -0.3 is 9.88 Å². The highest BCUT2D eigenvalue weighted by atomic mass is 32.2. The summed E-state index contributed by atoms with van der Waals surface area (Å²) in [6.07, 6.45) is 1.01. The lowest BCUT2D eigenvalue weighted by Gasteiger charge is -2.25. The number of Topliss-reactive ketones (excluding diaryl/α,β-unsaturated/α-hetero) is 1. The summed E-state index contributed by atoms with van der Waals surface area (Å²) < 4.78 is 0. The van der Waals surface area contributed by atoms with Crippen molar-refractivity contribution in [1.82, 2.24) is 9.88 Å². The van der Waals surface area contributed by atoms with Gasteiger partial charge in [0, 0.05) is 36.8 Å². The molecule has 1 amide bonds. The first-order valence-electron chi connectivity index (χ1n) is 6.72. The zero-order chi connectivity index (χ0) is 13.9. The first-order valence-corrected chi connectivity index (χ1v) is 7.71. The van der Waals surface area contributed by atoms with Gasteiger partial charge in [-0.1, -0.05) is 30.0 Å². The Balaban J connectivity index is 1.58. The van der Waals surface area contributed by atoms with Gasteiger partial charge in [-0.3, -0.25) is 9.59 Å². The van der Waals surface area contributed by atoms with Gasteiger partial charge in [0.25, 0.3) is 0 Å². The molecular formula is C15H16N2O2S. The summed E-state index contributed by atoms with van der Waals surface area (Å²) in [5, 5.41) is 2.17. The highest BCUT2D eigenvalue weighted by Gasteiger charge is 2.20. The van der Waals surface area contributed by atoms with Crippen LogP contribution in [-0.4, -0.2) is 40.4 Å². The van der Waals surface area contributed by atoms with E-state index in [0.29, 0.717) is 31.7 Å². The molecule has 104 valence electrons. The number of nitrogens with one attached hydrogen (secondary N) is 1. The van der Waals surface area contributed by atoms with Crippen molar-refractivity contribution >= 4 is 34.4 Å². The molecule has 1 aromatic carbocycles. The number of carbonyl (C=O) groups excluding carboxylic acids is 2. The number of nitrogens with zero attached hydrogens (tertiary/aromatic N) is 1. The van der Waals surface area contributed by atoms with Gasteiger partial charge in [0.1, 0.15) is 5.78 Å². The fraction of sp³-hybridized carbons (Fsp3) is 0.333. The molecule has 0 unspecified atom stereocenters. The zero-order valence-electron chi connectivity index (χ0n) is 11.1. The van der Waals surface area contributed by atoms with E-state index < -0.39 is 0 Å². The van der Waals surface area contributed by atoms with E-state index in [1.54, 1.807) is 4.90 Å². The molecule has 3 rings (SSSR count). The average molecular weight is 288 g/mol. The standard InChI is InChI=1S/C15H16N2O2S/c18-12-5-7-17(8-6-12)15(19)10-20-14-9-11-3-1-2-4-13(11)16-14/h1-4,9,16H,5-8,10H2. The van der Waals surface area contributed by atoms with Gasteiger partial charge >= 0.3 is 0 Å². The van der Waals surface area contributed by atoms with Gasteiger partial charge in [-0.05, 0) is 12.1 Å². The molecule has 1 fully saturated rings. The Hall–Kier alpha value is -1.75. The number of likely N-dealkylation sites (tertiary alicyclic amines) is 1. The molecular weight excluding hydrogens is 272 g/mol. The van der Waals surface area contributed by atoms with Crippen molar-refractivity contribution in [2.45, 2.75) is 17.9 Å². The van der Waals surface area contributed by atoms with Gasteiger partial charge in [-0.25, -0.2) is 0 Å². The molecule has 0 bridgehead atoms. The molecule has 0 spiro atoms. The number of amides is 1. The molecule has 0 radical (unpaired) electrons. The van der Waals surface area contributed by atoms with Crippen molar-refractivity contribution in [3.8, 4) is 0 Å². The van der Waals surface area contributed by atoms with Crippen LogP contribution < -0.4 is 0 Å². The second-order valence-electron chi connectivity index (χ2n) is 4.93. The lowest BCUT2D eigenvalue weighted by Crippen LogP contribution is -2.39. The number of benzene rings is 1. The molecule has 1 N–H and O–H groups in total. The van der Waals surface area contributed by atoms with E-state index in [9.17, 15) is 9.59 Å². The molecule has 2 aromatic rings. The number of ketones is 1. The predicted octanol–water partition coefficient (Wildman–Crippen LogP) is 2.45. The summed E-state index contributed by atoms with van der Waals surface area (Å²) >= 11 is 1.52. The number of rotatable bonds is 3. The van der Waals surface area contributed by atoms with Crippen LogP contribution in [0, 0.1) is 0 Å². The van der Waals surface area contributed by atoms with Gasteiger partial charge in [-0.15, -0.1) is 0 Å². The maximum Gasteiger partial charge on any atom is 0.233 e. The van der Waals surface area contributed by atoms with E-state index >= 15 is 0 Å². The smallest absolute Gasteiger partial charge is 0.233 e. The number of hydrogen-bond acceptors (Lipinski definition) is 3. The van der Waals surface area contributed by atoms with E-state index in [1.807, 2.05) is 24.3 Å². The van der Waals surface area contributed by atoms with Crippen LogP contribution in [0.25, 0.3) is 10.9 Å². The number of H-pyrrole nitrogens is 1. The van der Waals surface area contributed by atoms with Crippen molar-refractivity contribution in [3.05, 3.63) is 30.3 Å². The monoisotopic (exact) mass is 288 g/mol. The van der Waals surface area contributed by atoms with E-state index in [4.69, 9.17) is 0 Å². The minimum absolute atomic E-state index is 0.112. The highest BCUT2D eigenvalue weighted by Crippen LogP contribution is 2.23. The number of piperidine rings is 1. The second kappa shape index (κ2) is 5.71. The van der Waals surface area contributed by atoms with E-state index in [0.717, 1.165) is 15.9 Å². The summed E-state index contributed by atoms with van der Waals surface area (Å²) in [5.41, 5.74) is 1.09. The van der Waals surface area contributed by atoms with Crippen LogP contribution in [0.5, 0.6) is 0 Å². The first kappa shape index (κ1) is 13.2. The number of aromatic nitrogens is 1. The van der Waals surface area contributed by atoms with Gasteiger partial charge in [-0.2, -0.15) is 0 Å². The van der Waals surface area contributed by atoms with Crippen molar-refractivity contribution in [3.63, 3.8) is 0 Å². The molecule has 4 nitrogen and oxygen atoms in total. The molecule has 1 aromatic heterocycles. The molecule has 2 heterocycles. The van der Waals surface area contributed by atoms with Crippen LogP contribution >= 0.6 is 11.8 Å². The number of hydrogen-bond donors (Lipinski definition) is 1. The van der Waals surface area contributed by atoms with Crippen LogP contribution in [0.4, 0.5) is 0 Å². The molecule has 1 aliphatic heterocycles. The third kappa shape index (κ3) is 2.88.